The number of carbonyl (C=O) groups is 1. The van der Waals surface area contributed by atoms with Gasteiger partial charge in [0.2, 0.25) is 5.91 Å². The molecule has 0 aliphatic heterocycles. The van der Waals surface area contributed by atoms with Gasteiger partial charge in [-0.25, -0.2) is 8.78 Å². The number of halogens is 2. The number of benzene rings is 1. The Labute approximate surface area is 73.3 Å². The molecule has 1 aromatic carbocycles. The SMILES string of the molecule is NC(=O)[C@@H](N)c1c(F)cccc1F. The van der Waals surface area contributed by atoms with E-state index in [4.69, 9.17) is 11.5 Å². The Morgan fingerprint density at radius 3 is 2.15 bits per heavy atom. The van der Waals surface area contributed by atoms with Crippen LogP contribution in [0.15, 0.2) is 18.2 Å². The van der Waals surface area contributed by atoms with Crippen LogP contribution in [0, 0.1) is 11.6 Å². The zero-order valence-electron chi connectivity index (χ0n) is 6.63. The van der Waals surface area contributed by atoms with Crippen molar-refractivity contribution in [1.82, 2.24) is 0 Å². The molecule has 0 bridgehead atoms. The molecule has 0 saturated heterocycles. The Hall–Kier alpha value is -1.49. The van der Waals surface area contributed by atoms with E-state index in [2.05, 4.69) is 0 Å². The van der Waals surface area contributed by atoms with Crippen molar-refractivity contribution in [3.05, 3.63) is 35.4 Å². The summed E-state index contributed by atoms with van der Waals surface area (Å²) >= 11 is 0. The molecule has 0 aliphatic rings. The summed E-state index contributed by atoms with van der Waals surface area (Å²) in [4.78, 5) is 10.6. The molecule has 5 heteroatoms. The molecule has 0 spiro atoms. The summed E-state index contributed by atoms with van der Waals surface area (Å²) in [5.74, 6) is -2.71. The van der Waals surface area contributed by atoms with E-state index < -0.39 is 29.1 Å². The molecule has 0 fully saturated rings. The third kappa shape index (κ3) is 1.81. The van der Waals surface area contributed by atoms with Crippen LogP contribution in [0.4, 0.5) is 8.78 Å². The second kappa shape index (κ2) is 3.49. The van der Waals surface area contributed by atoms with E-state index in [-0.39, 0.29) is 0 Å². The molecule has 70 valence electrons. The maximum absolute atomic E-state index is 12.9. The zero-order valence-corrected chi connectivity index (χ0v) is 6.63. The lowest BCUT2D eigenvalue weighted by Crippen LogP contribution is -2.29. The van der Waals surface area contributed by atoms with Gasteiger partial charge in [-0.1, -0.05) is 6.07 Å². The number of nitrogens with two attached hydrogens (primary N) is 2. The van der Waals surface area contributed by atoms with Crippen LogP contribution in [0.25, 0.3) is 0 Å². The van der Waals surface area contributed by atoms with Gasteiger partial charge in [-0.05, 0) is 12.1 Å². The lowest BCUT2D eigenvalue weighted by Gasteiger charge is -2.09. The fraction of sp³-hybridized carbons (Fsp3) is 0.125. The molecule has 4 N–H and O–H groups in total. The van der Waals surface area contributed by atoms with Crippen LogP contribution in [0.2, 0.25) is 0 Å². The highest BCUT2D eigenvalue weighted by molar-refractivity contribution is 5.81. The Bertz CT molecular complexity index is 321. The topological polar surface area (TPSA) is 69.1 Å². The average Bonchev–Trinajstić information content (AvgIpc) is 2.03. The van der Waals surface area contributed by atoms with Crippen molar-refractivity contribution >= 4 is 5.91 Å². The Morgan fingerprint density at radius 1 is 1.31 bits per heavy atom. The predicted molar refractivity (Wildman–Crippen MR) is 42.5 cm³/mol. The number of hydrogen-bond donors (Lipinski definition) is 2. The molecule has 13 heavy (non-hydrogen) atoms. The normalized spacial score (nSPS) is 12.5. The molecule has 0 saturated carbocycles. The van der Waals surface area contributed by atoms with Crippen molar-refractivity contribution in [1.29, 1.82) is 0 Å². The number of rotatable bonds is 2. The molecule has 1 amide bonds. The Morgan fingerprint density at radius 2 is 1.77 bits per heavy atom. The molecule has 3 nitrogen and oxygen atoms in total. The summed E-state index contributed by atoms with van der Waals surface area (Å²) < 4.78 is 25.9. The van der Waals surface area contributed by atoms with Crippen LogP contribution in [0.5, 0.6) is 0 Å². The first-order chi connectivity index (χ1) is 6.04. The molecule has 1 atom stereocenters. The summed E-state index contributed by atoms with van der Waals surface area (Å²) in [6, 6.07) is 1.77. The van der Waals surface area contributed by atoms with Gasteiger partial charge in [0.25, 0.3) is 0 Å². The van der Waals surface area contributed by atoms with Gasteiger partial charge in [0, 0.05) is 5.56 Å². The summed E-state index contributed by atoms with van der Waals surface area (Å²) in [6.07, 6.45) is 0. The largest absolute Gasteiger partial charge is 0.368 e. The maximum atomic E-state index is 12.9. The van der Waals surface area contributed by atoms with Crippen LogP contribution in [-0.2, 0) is 4.79 Å². The summed E-state index contributed by atoms with van der Waals surface area (Å²) in [7, 11) is 0. The van der Waals surface area contributed by atoms with E-state index in [9.17, 15) is 13.6 Å². The second-order valence-corrected chi connectivity index (χ2v) is 2.52. The van der Waals surface area contributed by atoms with Gasteiger partial charge in [0.1, 0.15) is 17.7 Å². The number of amides is 1. The van der Waals surface area contributed by atoms with Crippen molar-refractivity contribution in [2.75, 3.05) is 0 Å². The van der Waals surface area contributed by atoms with Crippen LogP contribution in [0.1, 0.15) is 11.6 Å². The van der Waals surface area contributed by atoms with E-state index in [1.54, 1.807) is 0 Å². The van der Waals surface area contributed by atoms with Crippen molar-refractivity contribution in [3.8, 4) is 0 Å². The first-order valence-electron chi connectivity index (χ1n) is 3.53. The van der Waals surface area contributed by atoms with E-state index in [0.29, 0.717) is 0 Å². The molecule has 0 aromatic heterocycles. The molecule has 0 aliphatic carbocycles. The third-order valence-electron chi connectivity index (χ3n) is 1.62. The summed E-state index contributed by atoms with van der Waals surface area (Å²) in [6.45, 7) is 0. The van der Waals surface area contributed by atoms with Crippen molar-refractivity contribution in [2.45, 2.75) is 6.04 Å². The first-order valence-corrected chi connectivity index (χ1v) is 3.53. The fourth-order valence-electron chi connectivity index (χ4n) is 0.950. The smallest absolute Gasteiger partial charge is 0.239 e. The van der Waals surface area contributed by atoms with E-state index in [0.717, 1.165) is 12.1 Å². The van der Waals surface area contributed by atoms with Crippen molar-refractivity contribution < 1.29 is 13.6 Å². The van der Waals surface area contributed by atoms with E-state index in [1.807, 2.05) is 0 Å². The number of carbonyl (C=O) groups excluding carboxylic acids is 1. The molecule has 0 radical (unpaired) electrons. The lowest BCUT2D eigenvalue weighted by molar-refractivity contribution is -0.119. The molecular weight excluding hydrogens is 178 g/mol. The van der Waals surface area contributed by atoms with E-state index in [1.165, 1.54) is 6.07 Å². The predicted octanol–water partition coefficient (Wildman–Crippen LogP) is 0.450. The maximum Gasteiger partial charge on any atom is 0.239 e. The molecular formula is C8H8F2N2O. The highest BCUT2D eigenvalue weighted by Crippen LogP contribution is 2.18. The molecule has 0 heterocycles. The van der Waals surface area contributed by atoms with Gasteiger partial charge < -0.3 is 11.5 Å². The van der Waals surface area contributed by atoms with Crippen LogP contribution in [0.3, 0.4) is 0 Å². The second-order valence-electron chi connectivity index (χ2n) is 2.52. The van der Waals surface area contributed by atoms with E-state index >= 15 is 0 Å². The van der Waals surface area contributed by atoms with Crippen molar-refractivity contribution in [2.24, 2.45) is 11.5 Å². The standard InChI is InChI=1S/C8H8F2N2O/c9-4-2-1-3-5(10)6(4)7(11)8(12)13/h1-3,7H,11H2,(H2,12,13)/t7-/m0/s1. The van der Waals surface area contributed by atoms with Gasteiger partial charge >= 0.3 is 0 Å². The average molecular weight is 186 g/mol. The monoisotopic (exact) mass is 186 g/mol. The highest BCUT2D eigenvalue weighted by atomic mass is 19.1. The lowest BCUT2D eigenvalue weighted by atomic mass is 10.1. The minimum absolute atomic E-state index is 0.491. The minimum Gasteiger partial charge on any atom is -0.368 e. The van der Waals surface area contributed by atoms with Gasteiger partial charge in [-0.2, -0.15) is 0 Å². The quantitative estimate of drug-likeness (QED) is 0.704. The van der Waals surface area contributed by atoms with Gasteiger partial charge in [-0.15, -0.1) is 0 Å². The number of hydrogen-bond acceptors (Lipinski definition) is 2. The molecule has 1 aromatic rings. The first kappa shape index (κ1) is 9.60. The van der Waals surface area contributed by atoms with Crippen molar-refractivity contribution in [3.63, 3.8) is 0 Å². The zero-order chi connectivity index (χ0) is 10.0. The number of primary amides is 1. The van der Waals surface area contributed by atoms with Crippen LogP contribution >= 0.6 is 0 Å². The third-order valence-corrected chi connectivity index (χ3v) is 1.62. The summed E-state index contributed by atoms with van der Waals surface area (Å²) in [5, 5.41) is 0. The Kier molecular flexibility index (Phi) is 2.57. The van der Waals surface area contributed by atoms with Crippen LogP contribution < -0.4 is 11.5 Å². The highest BCUT2D eigenvalue weighted by Gasteiger charge is 2.20. The minimum atomic E-state index is -1.44. The molecule has 0 unspecified atom stereocenters. The molecule has 1 rings (SSSR count). The van der Waals surface area contributed by atoms with Gasteiger partial charge in [-0.3, -0.25) is 4.79 Å². The Balaban J connectivity index is 3.20. The summed E-state index contributed by atoms with van der Waals surface area (Å²) in [5.41, 5.74) is 9.50. The van der Waals surface area contributed by atoms with Gasteiger partial charge in [0.15, 0.2) is 0 Å². The fourth-order valence-corrected chi connectivity index (χ4v) is 0.950. The van der Waals surface area contributed by atoms with Gasteiger partial charge in [0.05, 0.1) is 0 Å². The van der Waals surface area contributed by atoms with Crippen LogP contribution in [-0.4, -0.2) is 5.91 Å².